The van der Waals surface area contributed by atoms with E-state index >= 15 is 0 Å². The predicted molar refractivity (Wildman–Crippen MR) is 77.0 cm³/mol. The van der Waals surface area contributed by atoms with E-state index in [9.17, 15) is 9.90 Å². The number of aliphatic hydroxyl groups excluding tert-OH is 1. The van der Waals surface area contributed by atoms with E-state index in [1.165, 1.54) is 6.07 Å². The number of hydrogen-bond donors (Lipinski definition) is 1. The topological polar surface area (TPSA) is 63.6 Å². The Morgan fingerprint density at radius 1 is 1.30 bits per heavy atom. The summed E-state index contributed by atoms with van der Waals surface area (Å²) in [6.07, 6.45) is 0.00761. The summed E-state index contributed by atoms with van der Waals surface area (Å²) in [5.41, 5.74) is 2.58. The summed E-state index contributed by atoms with van der Waals surface area (Å²) in [6.45, 7) is 5.54. The summed E-state index contributed by atoms with van der Waals surface area (Å²) >= 11 is 0. The van der Waals surface area contributed by atoms with Gasteiger partial charge in [0.05, 0.1) is 5.39 Å². The molecule has 3 rings (SSSR count). The summed E-state index contributed by atoms with van der Waals surface area (Å²) < 4.78 is 11.1. The zero-order valence-electron chi connectivity index (χ0n) is 11.7. The Kier molecular flexibility index (Phi) is 2.91. The van der Waals surface area contributed by atoms with E-state index in [0.29, 0.717) is 23.3 Å². The van der Waals surface area contributed by atoms with Crippen molar-refractivity contribution < 1.29 is 13.9 Å². The Hall–Kier alpha value is -2.07. The highest BCUT2D eigenvalue weighted by atomic mass is 16.4. The normalized spacial score (nSPS) is 13.2. The van der Waals surface area contributed by atoms with Crippen molar-refractivity contribution in [2.75, 3.05) is 0 Å². The van der Waals surface area contributed by atoms with Gasteiger partial charge in [0.2, 0.25) is 0 Å². The van der Waals surface area contributed by atoms with E-state index < -0.39 is 6.10 Å². The molecular formula is C16H16O4. The second-order valence-electron chi connectivity index (χ2n) is 5.04. The molecule has 0 bridgehead atoms. The fourth-order valence-corrected chi connectivity index (χ4v) is 2.73. The van der Waals surface area contributed by atoms with Gasteiger partial charge >= 0.3 is 5.63 Å². The van der Waals surface area contributed by atoms with Crippen molar-refractivity contribution in [2.24, 2.45) is 0 Å². The predicted octanol–water partition coefficient (Wildman–Crippen LogP) is 3.46. The van der Waals surface area contributed by atoms with Crippen LogP contribution in [0, 0.1) is 6.92 Å². The van der Waals surface area contributed by atoms with Crippen LogP contribution in [-0.4, -0.2) is 5.11 Å². The van der Waals surface area contributed by atoms with Crippen LogP contribution in [0.15, 0.2) is 31.8 Å². The van der Waals surface area contributed by atoms with E-state index in [1.807, 2.05) is 26.0 Å². The van der Waals surface area contributed by atoms with Crippen LogP contribution in [-0.2, 0) is 6.42 Å². The van der Waals surface area contributed by atoms with Crippen LogP contribution >= 0.6 is 0 Å². The Morgan fingerprint density at radius 3 is 2.70 bits per heavy atom. The zero-order valence-corrected chi connectivity index (χ0v) is 11.7. The van der Waals surface area contributed by atoms with Gasteiger partial charge < -0.3 is 13.9 Å². The van der Waals surface area contributed by atoms with Crippen molar-refractivity contribution >= 4 is 21.9 Å². The fourth-order valence-electron chi connectivity index (χ4n) is 2.73. The molecule has 0 saturated carbocycles. The van der Waals surface area contributed by atoms with Gasteiger partial charge in [-0.1, -0.05) is 6.92 Å². The maximum Gasteiger partial charge on any atom is 0.336 e. The summed E-state index contributed by atoms with van der Waals surface area (Å²) in [6, 6.07) is 5.22. The second-order valence-corrected chi connectivity index (χ2v) is 5.04. The third-order valence-electron chi connectivity index (χ3n) is 3.63. The number of fused-ring (bicyclic) bond motifs is 3. The van der Waals surface area contributed by atoms with Gasteiger partial charge in [-0.05, 0) is 38.0 Å². The number of furan rings is 1. The van der Waals surface area contributed by atoms with Crippen LogP contribution in [0.5, 0.6) is 0 Å². The first-order chi connectivity index (χ1) is 9.52. The highest BCUT2D eigenvalue weighted by Crippen LogP contribution is 2.35. The second kappa shape index (κ2) is 4.49. The molecule has 4 nitrogen and oxygen atoms in total. The third kappa shape index (κ3) is 1.76. The van der Waals surface area contributed by atoms with E-state index in [2.05, 4.69) is 0 Å². The standard InChI is InChI=1S/C16H16O4/c1-4-10-14-12(19-15(10)9(3)17)6-5-11-8(2)7-13(18)20-16(11)14/h5-7,9,17H,4H2,1-3H3/t9-/m0/s1. The van der Waals surface area contributed by atoms with Gasteiger partial charge in [-0.15, -0.1) is 0 Å². The lowest BCUT2D eigenvalue weighted by Gasteiger charge is -2.03. The number of aliphatic hydroxyl groups is 1. The molecule has 104 valence electrons. The van der Waals surface area contributed by atoms with Crippen LogP contribution in [0.3, 0.4) is 0 Å². The van der Waals surface area contributed by atoms with E-state index in [-0.39, 0.29) is 5.63 Å². The molecule has 0 aliphatic heterocycles. The minimum Gasteiger partial charge on any atom is -0.458 e. The molecule has 2 heterocycles. The molecule has 0 fully saturated rings. The smallest absolute Gasteiger partial charge is 0.336 e. The van der Waals surface area contributed by atoms with Gasteiger partial charge in [-0.25, -0.2) is 4.79 Å². The highest BCUT2D eigenvalue weighted by Gasteiger charge is 2.20. The molecule has 0 spiro atoms. The van der Waals surface area contributed by atoms with Gasteiger partial charge in [0.1, 0.15) is 23.0 Å². The summed E-state index contributed by atoms with van der Waals surface area (Å²) in [7, 11) is 0. The van der Waals surface area contributed by atoms with Crippen LogP contribution in [0.25, 0.3) is 21.9 Å². The first kappa shape index (κ1) is 12.9. The Labute approximate surface area is 115 Å². The van der Waals surface area contributed by atoms with Crippen LogP contribution in [0.2, 0.25) is 0 Å². The monoisotopic (exact) mass is 272 g/mol. The Bertz CT molecular complexity index is 852. The minimum absolute atomic E-state index is 0.371. The van der Waals surface area contributed by atoms with Crippen molar-refractivity contribution in [3.8, 4) is 0 Å². The number of rotatable bonds is 2. The summed E-state index contributed by atoms with van der Waals surface area (Å²) in [4.78, 5) is 11.6. The number of aryl methyl sites for hydroxylation is 2. The average Bonchev–Trinajstić information content (AvgIpc) is 2.77. The molecule has 4 heteroatoms. The summed E-state index contributed by atoms with van der Waals surface area (Å²) in [5, 5.41) is 11.5. The average molecular weight is 272 g/mol. The van der Waals surface area contributed by atoms with Gasteiger partial charge in [0.25, 0.3) is 0 Å². The Morgan fingerprint density at radius 2 is 2.05 bits per heavy atom. The Balaban J connectivity index is 2.55. The molecule has 1 aromatic carbocycles. The first-order valence-corrected chi connectivity index (χ1v) is 6.69. The van der Waals surface area contributed by atoms with Crippen molar-refractivity contribution in [2.45, 2.75) is 33.3 Å². The van der Waals surface area contributed by atoms with Crippen LogP contribution in [0.1, 0.15) is 36.8 Å². The van der Waals surface area contributed by atoms with Crippen molar-refractivity contribution in [1.29, 1.82) is 0 Å². The van der Waals surface area contributed by atoms with Crippen molar-refractivity contribution in [3.63, 3.8) is 0 Å². The van der Waals surface area contributed by atoms with Gasteiger partial charge in [0.15, 0.2) is 0 Å². The molecule has 0 radical (unpaired) electrons. The molecule has 3 aromatic rings. The fraction of sp³-hybridized carbons (Fsp3) is 0.312. The molecule has 1 N–H and O–H groups in total. The molecule has 0 unspecified atom stereocenters. The van der Waals surface area contributed by atoms with E-state index in [1.54, 1.807) is 6.92 Å². The molecular weight excluding hydrogens is 256 g/mol. The molecule has 0 amide bonds. The minimum atomic E-state index is -0.691. The quantitative estimate of drug-likeness (QED) is 0.725. The number of benzene rings is 1. The lowest BCUT2D eigenvalue weighted by molar-refractivity contribution is 0.170. The molecule has 0 saturated heterocycles. The SMILES string of the molecule is CCc1c([C@H](C)O)oc2ccc3c(C)cc(=O)oc3c12. The van der Waals surface area contributed by atoms with E-state index in [0.717, 1.165) is 21.9 Å². The lowest BCUT2D eigenvalue weighted by Crippen LogP contribution is -1.98. The molecule has 20 heavy (non-hydrogen) atoms. The van der Waals surface area contributed by atoms with Crippen molar-refractivity contribution in [1.82, 2.24) is 0 Å². The maximum atomic E-state index is 11.6. The number of hydrogen-bond acceptors (Lipinski definition) is 4. The van der Waals surface area contributed by atoms with Gasteiger partial charge in [-0.3, -0.25) is 0 Å². The third-order valence-corrected chi connectivity index (χ3v) is 3.63. The van der Waals surface area contributed by atoms with Crippen molar-refractivity contribution in [3.05, 3.63) is 45.5 Å². The van der Waals surface area contributed by atoms with Crippen LogP contribution < -0.4 is 5.63 Å². The zero-order chi connectivity index (χ0) is 14.4. The molecule has 2 aromatic heterocycles. The maximum absolute atomic E-state index is 11.6. The molecule has 0 aliphatic rings. The molecule has 1 atom stereocenters. The highest BCUT2D eigenvalue weighted by molar-refractivity contribution is 6.05. The van der Waals surface area contributed by atoms with Gasteiger partial charge in [0, 0.05) is 17.0 Å². The molecule has 0 aliphatic carbocycles. The van der Waals surface area contributed by atoms with Crippen LogP contribution in [0.4, 0.5) is 0 Å². The summed E-state index contributed by atoms with van der Waals surface area (Å²) in [5.74, 6) is 0.541. The lowest BCUT2D eigenvalue weighted by atomic mass is 10.0. The largest absolute Gasteiger partial charge is 0.458 e. The van der Waals surface area contributed by atoms with E-state index in [4.69, 9.17) is 8.83 Å². The van der Waals surface area contributed by atoms with Gasteiger partial charge in [-0.2, -0.15) is 0 Å². The first-order valence-electron chi connectivity index (χ1n) is 6.69.